The maximum Gasteiger partial charge on any atom is 0.330 e. The standard InChI is InChI=1S/C21H26O4/c1-3-25-21(22)12-10-8-6-4-5-7-9-11-17-24-18-19-13-15-20(23-2)16-14-19/h4-10,12-16H,3,11,17-18H2,1-2H3/b5-4+,8-6+,9-7+,12-10+. The van der Waals surface area contributed by atoms with E-state index in [0.29, 0.717) is 19.8 Å². The van der Waals surface area contributed by atoms with E-state index in [1.807, 2.05) is 54.6 Å². The Kier molecular flexibility index (Phi) is 11.3. The van der Waals surface area contributed by atoms with Gasteiger partial charge >= 0.3 is 5.97 Å². The minimum Gasteiger partial charge on any atom is -0.497 e. The highest BCUT2D eigenvalue weighted by atomic mass is 16.5. The van der Waals surface area contributed by atoms with Crippen LogP contribution in [0.25, 0.3) is 0 Å². The molecule has 0 unspecified atom stereocenters. The van der Waals surface area contributed by atoms with Crippen molar-refractivity contribution >= 4 is 5.97 Å². The first-order chi connectivity index (χ1) is 12.3. The summed E-state index contributed by atoms with van der Waals surface area (Å²) in [6, 6.07) is 7.86. The van der Waals surface area contributed by atoms with Gasteiger partial charge in [0.15, 0.2) is 0 Å². The predicted molar refractivity (Wildman–Crippen MR) is 100 cm³/mol. The average molecular weight is 342 g/mol. The molecule has 0 bridgehead atoms. The SMILES string of the molecule is CCOC(=O)/C=C/C=C/C=C/C=C/CCOCc1ccc(OC)cc1. The topological polar surface area (TPSA) is 44.8 Å². The van der Waals surface area contributed by atoms with Gasteiger partial charge in [0.25, 0.3) is 0 Å². The first kappa shape index (κ1) is 20.5. The van der Waals surface area contributed by atoms with Crippen LogP contribution in [0.5, 0.6) is 5.75 Å². The van der Waals surface area contributed by atoms with E-state index in [-0.39, 0.29) is 5.97 Å². The number of benzene rings is 1. The number of methoxy groups -OCH3 is 1. The lowest BCUT2D eigenvalue weighted by atomic mass is 10.2. The Labute approximate surface area is 150 Å². The van der Waals surface area contributed by atoms with Gasteiger partial charge in [-0.1, -0.05) is 54.7 Å². The number of esters is 1. The molecule has 0 radical (unpaired) electrons. The summed E-state index contributed by atoms with van der Waals surface area (Å²) in [4.78, 5) is 11.0. The molecule has 1 aromatic carbocycles. The third kappa shape index (κ3) is 10.7. The zero-order chi connectivity index (χ0) is 18.2. The molecular weight excluding hydrogens is 316 g/mol. The highest BCUT2D eigenvalue weighted by Crippen LogP contribution is 2.11. The van der Waals surface area contributed by atoms with Crippen molar-refractivity contribution in [1.82, 2.24) is 0 Å². The molecule has 4 heteroatoms. The monoisotopic (exact) mass is 342 g/mol. The molecule has 0 heterocycles. The van der Waals surface area contributed by atoms with Gasteiger partial charge in [-0.3, -0.25) is 0 Å². The molecule has 1 rings (SSSR count). The van der Waals surface area contributed by atoms with Gasteiger partial charge < -0.3 is 14.2 Å². The van der Waals surface area contributed by atoms with Crippen LogP contribution in [0.15, 0.2) is 72.9 Å². The summed E-state index contributed by atoms with van der Waals surface area (Å²) in [5.41, 5.74) is 1.13. The molecule has 0 atom stereocenters. The van der Waals surface area contributed by atoms with E-state index in [9.17, 15) is 4.79 Å². The Hall–Kier alpha value is -2.59. The molecule has 0 saturated heterocycles. The van der Waals surface area contributed by atoms with Crippen molar-refractivity contribution in [3.05, 3.63) is 78.4 Å². The van der Waals surface area contributed by atoms with Gasteiger partial charge in [0.05, 0.1) is 26.9 Å². The fourth-order valence-corrected chi connectivity index (χ4v) is 1.82. The van der Waals surface area contributed by atoms with Crippen molar-refractivity contribution < 1.29 is 19.0 Å². The fourth-order valence-electron chi connectivity index (χ4n) is 1.82. The summed E-state index contributed by atoms with van der Waals surface area (Å²) in [6.45, 7) is 3.44. The molecule has 25 heavy (non-hydrogen) atoms. The maximum atomic E-state index is 11.0. The Bertz CT molecular complexity index is 595. The van der Waals surface area contributed by atoms with Gasteiger partial charge in [-0.25, -0.2) is 4.79 Å². The normalized spacial score (nSPS) is 11.9. The third-order valence-corrected chi connectivity index (χ3v) is 3.07. The van der Waals surface area contributed by atoms with Crippen LogP contribution in [-0.4, -0.2) is 26.3 Å². The largest absolute Gasteiger partial charge is 0.497 e. The highest BCUT2D eigenvalue weighted by Gasteiger charge is 1.94. The lowest BCUT2D eigenvalue weighted by Crippen LogP contribution is -1.98. The summed E-state index contributed by atoms with van der Waals surface area (Å²) in [7, 11) is 1.66. The second kappa shape index (κ2) is 13.8. The summed E-state index contributed by atoms with van der Waals surface area (Å²) < 4.78 is 15.5. The van der Waals surface area contributed by atoms with Crippen LogP contribution in [0.1, 0.15) is 18.9 Å². The number of rotatable bonds is 11. The Morgan fingerprint density at radius 2 is 1.68 bits per heavy atom. The van der Waals surface area contributed by atoms with Crippen LogP contribution in [0.3, 0.4) is 0 Å². The summed E-state index contributed by atoms with van der Waals surface area (Å²) >= 11 is 0. The number of carbonyl (C=O) groups excluding carboxylic acids is 1. The molecule has 134 valence electrons. The Morgan fingerprint density at radius 1 is 1.00 bits per heavy atom. The van der Waals surface area contributed by atoms with Crippen LogP contribution in [-0.2, 0) is 20.9 Å². The van der Waals surface area contributed by atoms with E-state index in [2.05, 4.69) is 0 Å². The van der Waals surface area contributed by atoms with Crippen molar-refractivity contribution in [1.29, 1.82) is 0 Å². The summed E-state index contributed by atoms with van der Waals surface area (Å²) in [5, 5.41) is 0. The van der Waals surface area contributed by atoms with E-state index in [1.165, 1.54) is 6.08 Å². The van der Waals surface area contributed by atoms with E-state index >= 15 is 0 Å². The van der Waals surface area contributed by atoms with Crippen molar-refractivity contribution in [2.24, 2.45) is 0 Å². The van der Waals surface area contributed by atoms with Crippen molar-refractivity contribution in [2.45, 2.75) is 20.0 Å². The van der Waals surface area contributed by atoms with Crippen molar-refractivity contribution in [2.75, 3.05) is 20.3 Å². The molecule has 4 nitrogen and oxygen atoms in total. The molecule has 0 aliphatic heterocycles. The average Bonchev–Trinajstić information content (AvgIpc) is 2.63. The number of hydrogen-bond acceptors (Lipinski definition) is 4. The molecule has 0 aromatic heterocycles. The second-order valence-corrected chi connectivity index (χ2v) is 5.00. The first-order valence-corrected chi connectivity index (χ1v) is 8.30. The zero-order valence-corrected chi connectivity index (χ0v) is 14.9. The first-order valence-electron chi connectivity index (χ1n) is 8.30. The molecule has 0 aliphatic carbocycles. The van der Waals surface area contributed by atoms with Gasteiger partial charge in [0.2, 0.25) is 0 Å². The lowest BCUT2D eigenvalue weighted by molar-refractivity contribution is -0.137. The second-order valence-electron chi connectivity index (χ2n) is 5.00. The van der Waals surface area contributed by atoms with Gasteiger partial charge in [-0.2, -0.15) is 0 Å². The number of ether oxygens (including phenoxy) is 3. The van der Waals surface area contributed by atoms with Crippen LogP contribution in [0.4, 0.5) is 0 Å². The smallest absolute Gasteiger partial charge is 0.330 e. The minimum absolute atomic E-state index is 0.328. The maximum absolute atomic E-state index is 11.0. The van der Waals surface area contributed by atoms with E-state index in [1.54, 1.807) is 26.2 Å². The molecular formula is C21H26O4. The summed E-state index contributed by atoms with van der Waals surface area (Å²) in [5.74, 6) is 0.523. The predicted octanol–water partition coefficient (Wildman–Crippen LogP) is 4.39. The molecule has 0 aliphatic rings. The van der Waals surface area contributed by atoms with Crippen LogP contribution in [0.2, 0.25) is 0 Å². The van der Waals surface area contributed by atoms with E-state index in [0.717, 1.165) is 17.7 Å². The zero-order valence-electron chi connectivity index (χ0n) is 14.9. The minimum atomic E-state index is -0.328. The van der Waals surface area contributed by atoms with Crippen LogP contribution < -0.4 is 4.74 Å². The van der Waals surface area contributed by atoms with E-state index < -0.39 is 0 Å². The van der Waals surface area contributed by atoms with Gasteiger partial charge in [-0.15, -0.1) is 0 Å². The molecule has 0 saturated carbocycles. The Balaban J connectivity index is 2.10. The fraction of sp³-hybridized carbons (Fsp3) is 0.286. The molecule has 0 N–H and O–H groups in total. The summed E-state index contributed by atoms with van der Waals surface area (Å²) in [6.07, 6.45) is 15.4. The highest BCUT2D eigenvalue weighted by molar-refractivity contribution is 5.82. The van der Waals surface area contributed by atoms with Crippen LogP contribution >= 0.6 is 0 Å². The third-order valence-electron chi connectivity index (χ3n) is 3.07. The molecule has 0 amide bonds. The Morgan fingerprint density at radius 3 is 2.36 bits per heavy atom. The number of hydrogen-bond donors (Lipinski definition) is 0. The quantitative estimate of drug-likeness (QED) is 0.259. The van der Waals surface area contributed by atoms with Gasteiger partial charge in [0.1, 0.15) is 5.75 Å². The van der Waals surface area contributed by atoms with Crippen LogP contribution in [0, 0.1) is 0 Å². The van der Waals surface area contributed by atoms with Crippen molar-refractivity contribution in [3.63, 3.8) is 0 Å². The number of allylic oxidation sites excluding steroid dienone is 6. The van der Waals surface area contributed by atoms with Crippen molar-refractivity contribution in [3.8, 4) is 5.75 Å². The van der Waals surface area contributed by atoms with E-state index in [4.69, 9.17) is 14.2 Å². The molecule has 1 aromatic rings. The van der Waals surface area contributed by atoms with Gasteiger partial charge in [0, 0.05) is 6.08 Å². The lowest BCUT2D eigenvalue weighted by Gasteiger charge is -2.04. The molecule has 0 fully saturated rings. The molecule has 0 spiro atoms. The number of carbonyl (C=O) groups is 1. The van der Waals surface area contributed by atoms with Gasteiger partial charge in [-0.05, 0) is 31.0 Å².